The Morgan fingerprint density at radius 3 is 2.30 bits per heavy atom. The lowest BCUT2D eigenvalue weighted by atomic mass is 9.99. The maximum absolute atomic E-state index is 12.6. The van der Waals surface area contributed by atoms with Crippen LogP contribution in [-0.2, 0) is 25.4 Å². The summed E-state index contributed by atoms with van der Waals surface area (Å²) in [4.78, 5) is 24.8. The van der Waals surface area contributed by atoms with Crippen LogP contribution in [-0.4, -0.2) is 81.4 Å². The van der Waals surface area contributed by atoms with Crippen molar-refractivity contribution >= 4 is 12.1 Å². The number of carbonyl (C=O) groups is 2. The number of alkyl carbamates (subject to hydrolysis) is 1. The SMILES string of the molecule is CC(C)(C)OC(=O)N[C@@H](Cc1ccccc1)C(=O)OC[C@H]1OC(O)[C@H](O)[C@@H](O)[C@@H]1O. The first-order valence-corrected chi connectivity index (χ1v) is 9.55. The quantitative estimate of drug-likeness (QED) is 0.377. The second-order valence-corrected chi connectivity index (χ2v) is 8.06. The summed E-state index contributed by atoms with van der Waals surface area (Å²) in [5.41, 5.74) is -0.00300. The van der Waals surface area contributed by atoms with Crippen LogP contribution in [0.2, 0.25) is 0 Å². The third-order valence-corrected chi connectivity index (χ3v) is 4.34. The minimum Gasteiger partial charge on any atom is -0.461 e. The Morgan fingerprint density at radius 2 is 1.70 bits per heavy atom. The van der Waals surface area contributed by atoms with Gasteiger partial charge in [-0.3, -0.25) is 0 Å². The number of carbonyl (C=O) groups excluding carboxylic acids is 2. The summed E-state index contributed by atoms with van der Waals surface area (Å²) in [6, 6.07) is 7.84. The number of aliphatic hydroxyl groups excluding tert-OH is 4. The Kier molecular flexibility index (Phi) is 8.16. The molecule has 0 aromatic heterocycles. The van der Waals surface area contributed by atoms with Crippen LogP contribution in [0.25, 0.3) is 0 Å². The third kappa shape index (κ3) is 6.92. The van der Waals surface area contributed by atoms with Gasteiger partial charge in [0.1, 0.15) is 42.7 Å². The number of benzene rings is 1. The minimum absolute atomic E-state index is 0.122. The summed E-state index contributed by atoms with van der Waals surface area (Å²) in [6.45, 7) is 4.54. The number of hydrogen-bond acceptors (Lipinski definition) is 9. The number of nitrogens with one attached hydrogen (secondary N) is 1. The van der Waals surface area contributed by atoms with Crippen LogP contribution in [0.1, 0.15) is 26.3 Å². The molecule has 1 amide bonds. The van der Waals surface area contributed by atoms with Crippen LogP contribution in [0.4, 0.5) is 4.79 Å². The van der Waals surface area contributed by atoms with Gasteiger partial charge in [0.25, 0.3) is 0 Å². The van der Waals surface area contributed by atoms with Gasteiger partial charge in [0, 0.05) is 6.42 Å². The third-order valence-electron chi connectivity index (χ3n) is 4.34. The van der Waals surface area contributed by atoms with E-state index in [1.165, 1.54) is 0 Å². The second-order valence-electron chi connectivity index (χ2n) is 8.06. The summed E-state index contributed by atoms with van der Waals surface area (Å²) in [5.74, 6) is -0.824. The highest BCUT2D eigenvalue weighted by molar-refractivity contribution is 5.81. The van der Waals surface area contributed by atoms with E-state index in [4.69, 9.17) is 14.2 Å². The normalized spacial score (nSPS) is 27.8. The molecule has 2 rings (SSSR count). The molecule has 6 atom stereocenters. The number of esters is 1. The molecule has 0 saturated carbocycles. The predicted octanol–water partition coefficient (Wildman–Crippen LogP) is -0.534. The lowest BCUT2D eigenvalue weighted by molar-refractivity contribution is -0.287. The highest BCUT2D eigenvalue weighted by atomic mass is 16.7. The van der Waals surface area contributed by atoms with Crippen LogP contribution >= 0.6 is 0 Å². The van der Waals surface area contributed by atoms with Crippen molar-refractivity contribution in [1.29, 1.82) is 0 Å². The molecule has 30 heavy (non-hydrogen) atoms. The van der Waals surface area contributed by atoms with Crippen molar-refractivity contribution in [3.05, 3.63) is 35.9 Å². The molecule has 1 unspecified atom stereocenters. The van der Waals surface area contributed by atoms with E-state index in [0.717, 1.165) is 5.56 Å². The summed E-state index contributed by atoms with van der Waals surface area (Å²) in [7, 11) is 0. The summed E-state index contributed by atoms with van der Waals surface area (Å²) in [5, 5.41) is 41.2. The van der Waals surface area contributed by atoms with Crippen molar-refractivity contribution in [2.24, 2.45) is 0 Å². The lowest BCUT2D eigenvalue weighted by Gasteiger charge is -2.38. The summed E-state index contributed by atoms with van der Waals surface area (Å²) in [6.07, 6.45) is -8.62. The molecular formula is C20H29NO9. The van der Waals surface area contributed by atoms with Gasteiger partial charge in [0.15, 0.2) is 6.29 Å². The number of rotatable bonds is 6. The van der Waals surface area contributed by atoms with Gasteiger partial charge >= 0.3 is 12.1 Å². The Bertz CT molecular complexity index is 706. The van der Waals surface area contributed by atoms with Crippen LogP contribution in [0.3, 0.4) is 0 Å². The van der Waals surface area contributed by atoms with E-state index < -0.39 is 61.0 Å². The molecule has 1 aliphatic rings. The fraction of sp³-hybridized carbons (Fsp3) is 0.600. The molecule has 1 fully saturated rings. The average Bonchev–Trinajstić information content (AvgIpc) is 2.66. The summed E-state index contributed by atoms with van der Waals surface area (Å²) >= 11 is 0. The van der Waals surface area contributed by atoms with E-state index >= 15 is 0 Å². The number of hydrogen-bond donors (Lipinski definition) is 5. The Balaban J connectivity index is 2.03. The van der Waals surface area contributed by atoms with E-state index in [1.807, 2.05) is 6.07 Å². The molecule has 5 N–H and O–H groups in total. The molecule has 10 nitrogen and oxygen atoms in total. The molecule has 0 bridgehead atoms. The largest absolute Gasteiger partial charge is 0.461 e. The lowest BCUT2D eigenvalue weighted by Crippen LogP contribution is -2.59. The average molecular weight is 427 g/mol. The molecule has 168 valence electrons. The van der Waals surface area contributed by atoms with E-state index in [9.17, 15) is 30.0 Å². The highest BCUT2D eigenvalue weighted by Crippen LogP contribution is 2.20. The molecule has 1 saturated heterocycles. The topological polar surface area (TPSA) is 155 Å². The minimum atomic E-state index is -1.74. The van der Waals surface area contributed by atoms with Gasteiger partial charge in [0.05, 0.1) is 0 Å². The Morgan fingerprint density at radius 1 is 1.07 bits per heavy atom. The number of ether oxygens (including phenoxy) is 3. The fourth-order valence-electron chi connectivity index (χ4n) is 2.83. The fourth-order valence-corrected chi connectivity index (χ4v) is 2.83. The molecule has 1 heterocycles. The number of amides is 1. The van der Waals surface area contributed by atoms with Gasteiger partial charge in [0.2, 0.25) is 0 Å². The molecule has 0 spiro atoms. The van der Waals surface area contributed by atoms with Crippen molar-refractivity contribution in [1.82, 2.24) is 5.32 Å². The first-order valence-electron chi connectivity index (χ1n) is 9.55. The highest BCUT2D eigenvalue weighted by Gasteiger charge is 2.43. The van der Waals surface area contributed by atoms with Gasteiger partial charge in [-0.25, -0.2) is 9.59 Å². The van der Waals surface area contributed by atoms with Gasteiger partial charge in [-0.2, -0.15) is 0 Å². The Labute approximate surface area is 174 Å². The molecule has 1 aromatic rings. The van der Waals surface area contributed by atoms with Crippen molar-refractivity contribution in [2.75, 3.05) is 6.61 Å². The zero-order valence-corrected chi connectivity index (χ0v) is 17.1. The van der Waals surface area contributed by atoms with Gasteiger partial charge in [-0.05, 0) is 26.3 Å². The standard InChI is InChI=1S/C20H29NO9/c1-20(2,3)30-19(27)21-12(9-11-7-5-4-6-8-11)17(25)28-10-13-14(22)15(23)16(24)18(26)29-13/h4-8,12-16,18,22-24,26H,9-10H2,1-3H3,(H,21,27)/t12-,13+,14+,15-,16+,18?/m0/s1. The summed E-state index contributed by atoms with van der Waals surface area (Å²) < 4.78 is 15.3. The zero-order valence-electron chi connectivity index (χ0n) is 17.1. The van der Waals surface area contributed by atoms with Crippen LogP contribution in [0, 0.1) is 0 Å². The van der Waals surface area contributed by atoms with E-state index in [1.54, 1.807) is 45.0 Å². The molecule has 1 aromatic carbocycles. The maximum atomic E-state index is 12.6. The van der Waals surface area contributed by atoms with E-state index in [2.05, 4.69) is 5.32 Å². The molecule has 10 heteroatoms. The van der Waals surface area contributed by atoms with Crippen LogP contribution in [0.15, 0.2) is 30.3 Å². The number of aliphatic hydroxyl groups is 4. The maximum Gasteiger partial charge on any atom is 0.408 e. The molecular weight excluding hydrogens is 398 g/mol. The van der Waals surface area contributed by atoms with Gasteiger partial charge in [-0.15, -0.1) is 0 Å². The van der Waals surface area contributed by atoms with Crippen LogP contribution < -0.4 is 5.32 Å². The first kappa shape index (κ1) is 24.0. The van der Waals surface area contributed by atoms with Crippen molar-refractivity contribution in [2.45, 2.75) is 69.5 Å². The molecule has 0 radical (unpaired) electrons. The zero-order chi connectivity index (χ0) is 22.5. The molecule has 0 aliphatic carbocycles. The van der Waals surface area contributed by atoms with E-state index in [-0.39, 0.29) is 6.42 Å². The smallest absolute Gasteiger partial charge is 0.408 e. The monoisotopic (exact) mass is 427 g/mol. The van der Waals surface area contributed by atoms with Crippen LogP contribution in [0.5, 0.6) is 0 Å². The first-order chi connectivity index (χ1) is 14.0. The predicted molar refractivity (Wildman–Crippen MR) is 103 cm³/mol. The van der Waals surface area contributed by atoms with Crippen molar-refractivity contribution in [3.8, 4) is 0 Å². The van der Waals surface area contributed by atoms with E-state index in [0.29, 0.717) is 0 Å². The molecule has 1 aliphatic heterocycles. The van der Waals surface area contributed by atoms with Gasteiger partial charge < -0.3 is 40.0 Å². The van der Waals surface area contributed by atoms with Gasteiger partial charge in [-0.1, -0.05) is 30.3 Å². The van der Waals surface area contributed by atoms with Crippen molar-refractivity contribution in [3.63, 3.8) is 0 Å². The van der Waals surface area contributed by atoms with Crippen molar-refractivity contribution < 1.29 is 44.2 Å². The Hall–Kier alpha value is -2.24. The second kappa shape index (κ2) is 10.2.